The minimum Gasteiger partial charge on any atom is -0.453 e. The van der Waals surface area contributed by atoms with Crippen molar-refractivity contribution in [3.63, 3.8) is 0 Å². The normalized spacial score (nSPS) is 32.1. The highest BCUT2D eigenvalue weighted by atomic mass is 32.2. The summed E-state index contributed by atoms with van der Waals surface area (Å²) >= 11 is 0. The molecule has 0 radical (unpaired) electrons. The molecule has 0 spiro atoms. The smallest absolute Gasteiger partial charge is 0.409 e. The highest BCUT2D eigenvalue weighted by Gasteiger charge is 2.42. The molecule has 0 aromatic carbocycles. The van der Waals surface area contributed by atoms with Crippen LogP contribution < -0.4 is 0 Å². The van der Waals surface area contributed by atoms with Crippen LogP contribution in [-0.4, -0.2) is 51.0 Å². The minimum absolute atomic E-state index is 0.0386. The Morgan fingerprint density at radius 3 is 2.22 bits per heavy atom. The maximum absolute atomic E-state index is 11.7. The van der Waals surface area contributed by atoms with Crippen LogP contribution in [0.2, 0.25) is 0 Å². The molecule has 2 aliphatic heterocycles. The Balaban J connectivity index is 2.09. The lowest BCUT2D eigenvalue weighted by Gasteiger charge is -2.47. The molecule has 2 aliphatic rings. The number of methoxy groups -OCH3 is 1. The Bertz CT molecular complexity index is 407. The zero-order valence-electron chi connectivity index (χ0n) is 10.7. The van der Waals surface area contributed by atoms with E-state index in [1.165, 1.54) is 7.11 Å². The molecule has 2 saturated heterocycles. The lowest BCUT2D eigenvalue weighted by molar-refractivity contribution is -0.00891. The molecule has 0 N–H and O–H groups in total. The molecule has 0 aliphatic carbocycles. The molecular formula is C11H19NO5S. The average Bonchev–Trinajstić information content (AvgIpc) is 2.24. The fourth-order valence-electron chi connectivity index (χ4n) is 3.06. The van der Waals surface area contributed by atoms with Crippen LogP contribution >= 0.6 is 0 Å². The summed E-state index contributed by atoms with van der Waals surface area (Å²) in [4.78, 5) is 13.5. The van der Waals surface area contributed by atoms with Gasteiger partial charge in [-0.2, -0.15) is 8.42 Å². The summed E-state index contributed by atoms with van der Waals surface area (Å²) in [7, 11) is -2.06. The summed E-state index contributed by atoms with van der Waals surface area (Å²) in [6, 6.07) is 0.0772. The number of carbonyl (C=O) groups excluding carboxylic acids is 1. The van der Waals surface area contributed by atoms with Crippen molar-refractivity contribution in [1.82, 2.24) is 4.90 Å². The van der Waals surface area contributed by atoms with E-state index in [4.69, 9.17) is 8.92 Å². The highest BCUT2D eigenvalue weighted by molar-refractivity contribution is 7.86. The van der Waals surface area contributed by atoms with Crippen molar-refractivity contribution in [2.45, 2.75) is 50.3 Å². The molecule has 2 bridgehead atoms. The van der Waals surface area contributed by atoms with Gasteiger partial charge in [-0.3, -0.25) is 4.18 Å². The molecule has 6 nitrogen and oxygen atoms in total. The number of rotatable bonds is 2. The van der Waals surface area contributed by atoms with Crippen LogP contribution in [0.15, 0.2) is 0 Å². The van der Waals surface area contributed by atoms with Crippen molar-refractivity contribution < 1.29 is 22.1 Å². The monoisotopic (exact) mass is 277 g/mol. The van der Waals surface area contributed by atoms with Crippen LogP contribution in [0.5, 0.6) is 0 Å². The Kier molecular flexibility index (Phi) is 3.82. The van der Waals surface area contributed by atoms with Gasteiger partial charge in [0.25, 0.3) is 10.1 Å². The first-order valence-electron chi connectivity index (χ1n) is 6.15. The van der Waals surface area contributed by atoms with Crippen LogP contribution in [-0.2, 0) is 19.0 Å². The summed E-state index contributed by atoms with van der Waals surface area (Å²) in [5, 5.41) is 0. The molecule has 0 saturated carbocycles. The van der Waals surface area contributed by atoms with Gasteiger partial charge >= 0.3 is 6.09 Å². The molecule has 18 heavy (non-hydrogen) atoms. The number of nitrogens with zero attached hydrogens (tertiary/aromatic N) is 1. The van der Waals surface area contributed by atoms with Crippen LogP contribution in [0.1, 0.15) is 32.1 Å². The van der Waals surface area contributed by atoms with E-state index in [1.54, 1.807) is 4.90 Å². The third-order valence-corrected chi connectivity index (χ3v) is 4.25. The lowest BCUT2D eigenvalue weighted by atomic mass is 9.83. The SMILES string of the molecule is COC(=O)N1C2CCCC1CC(OS(C)(=O)=O)C2. The minimum atomic E-state index is -3.43. The van der Waals surface area contributed by atoms with Gasteiger partial charge in [-0.1, -0.05) is 0 Å². The second kappa shape index (κ2) is 5.05. The van der Waals surface area contributed by atoms with Crippen LogP contribution in [0, 0.1) is 0 Å². The van der Waals surface area contributed by atoms with E-state index < -0.39 is 10.1 Å². The van der Waals surface area contributed by atoms with E-state index in [9.17, 15) is 13.2 Å². The van der Waals surface area contributed by atoms with Crippen molar-refractivity contribution in [3.8, 4) is 0 Å². The number of amides is 1. The Morgan fingerprint density at radius 2 is 1.78 bits per heavy atom. The van der Waals surface area contributed by atoms with Gasteiger partial charge in [0.1, 0.15) is 0 Å². The largest absolute Gasteiger partial charge is 0.453 e. The predicted molar refractivity (Wildman–Crippen MR) is 64.6 cm³/mol. The first kappa shape index (κ1) is 13.6. The zero-order chi connectivity index (χ0) is 13.3. The summed E-state index contributed by atoms with van der Waals surface area (Å²) in [5.41, 5.74) is 0. The van der Waals surface area contributed by atoms with Crippen LogP contribution in [0.4, 0.5) is 4.79 Å². The third-order valence-electron chi connectivity index (χ3n) is 3.63. The molecule has 2 fully saturated rings. The lowest BCUT2D eigenvalue weighted by Crippen LogP contribution is -2.56. The number of ether oxygens (including phenoxy) is 1. The maximum Gasteiger partial charge on any atom is 0.409 e. The van der Waals surface area contributed by atoms with Crippen molar-refractivity contribution in [2.24, 2.45) is 0 Å². The number of hydrogen-bond acceptors (Lipinski definition) is 5. The second-order valence-electron chi connectivity index (χ2n) is 5.01. The Hall–Kier alpha value is -0.820. The van der Waals surface area contributed by atoms with Gasteiger partial charge in [-0.05, 0) is 32.1 Å². The molecule has 2 rings (SSSR count). The van der Waals surface area contributed by atoms with Crippen molar-refractivity contribution >= 4 is 16.2 Å². The van der Waals surface area contributed by atoms with Crippen LogP contribution in [0.3, 0.4) is 0 Å². The van der Waals surface area contributed by atoms with E-state index >= 15 is 0 Å². The number of fused-ring (bicyclic) bond motifs is 2. The Labute approximate surface area is 107 Å². The summed E-state index contributed by atoms with van der Waals surface area (Å²) in [6.07, 6.45) is 4.41. The molecule has 2 unspecified atom stereocenters. The number of hydrogen-bond donors (Lipinski definition) is 0. The van der Waals surface area contributed by atoms with Gasteiger partial charge in [-0.15, -0.1) is 0 Å². The van der Waals surface area contributed by atoms with E-state index in [2.05, 4.69) is 0 Å². The topological polar surface area (TPSA) is 72.9 Å². The fourth-order valence-corrected chi connectivity index (χ4v) is 3.71. The average molecular weight is 277 g/mol. The van der Waals surface area contributed by atoms with Gasteiger partial charge < -0.3 is 9.64 Å². The van der Waals surface area contributed by atoms with Crippen molar-refractivity contribution in [3.05, 3.63) is 0 Å². The fraction of sp³-hybridized carbons (Fsp3) is 0.909. The molecule has 2 atom stereocenters. The molecule has 7 heteroatoms. The summed E-state index contributed by atoms with van der Waals surface area (Å²) < 4.78 is 32.2. The zero-order valence-corrected chi connectivity index (χ0v) is 11.5. The summed E-state index contributed by atoms with van der Waals surface area (Å²) in [5.74, 6) is 0. The molecular weight excluding hydrogens is 258 g/mol. The molecule has 0 aromatic heterocycles. The maximum atomic E-state index is 11.7. The van der Waals surface area contributed by atoms with E-state index in [0.717, 1.165) is 25.5 Å². The first-order chi connectivity index (χ1) is 8.40. The van der Waals surface area contributed by atoms with Crippen molar-refractivity contribution in [2.75, 3.05) is 13.4 Å². The quantitative estimate of drug-likeness (QED) is 0.707. The molecule has 0 aromatic rings. The van der Waals surface area contributed by atoms with E-state index in [-0.39, 0.29) is 24.3 Å². The van der Waals surface area contributed by atoms with Gasteiger partial charge in [0.2, 0.25) is 0 Å². The Morgan fingerprint density at radius 1 is 1.22 bits per heavy atom. The molecule has 1 amide bonds. The molecule has 104 valence electrons. The molecule has 2 heterocycles. The van der Waals surface area contributed by atoms with Gasteiger partial charge in [0.15, 0.2) is 0 Å². The predicted octanol–water partition coefficient (Wildman–Crippen LogP) is 1.11. The standard InChI is InChI=1S/C11H19NO5S/c1-16-11(13)12-8-4-3-5-9(12)7-10(6-8)17-18(2,14)15/h8-10H,3-7H2,1-2H3. The van der Waals surface area contributed by atoms with Crippen LogP contribution in [0.25, 0.3) is 0 Å². The van der Waals surface area contributed by atoms with Gasteiger partial charge in [0.05, 0.1) is 19.5 Å². The van der Waals surface area contributed by atoms with Gasteiger partial charge in [0, 0.05) is 12.1 Å². The third kappa shape index (κ3) is 2.95. The first-order valence-corrected chi connectivity index (χ1v) is 7.97. The number of piperidine rings is 2. The van der Waals surface area contributed by atoms with E-state index in [0.29, 0.717) is 12.8 Å². The summed E-state index contributed by atoms with van der Waals surface area (Å²) in [6.45, 7) is 0. The number of carbonyl (C=O) groups is 1. The van der Waals surface area contributed by atoms with Crippen molar-refractivity contribution in [1.29, 1.82) is 0 Å². The van der Waals surface area contributed by atoms with E-state index in [1.807, 2.05) is 0 Å². The highest BCUT2D eigenvalue weighted by Crippen LogP contribution is 2.35. The van der Waals surface area contributed by atoms with Gasteiger partial charge in [-0.25, -0.2) is 4.79 Å². The second-order valence-corrected chi connectivity index (χ2v) is 6.61.